The Labute approximate surface area is 202 Å². The lowest BCUT2D eigenvalue weighted by atomic mass is 9.86. The van der Waals surface area contributed by atoms with Crippen LogP contribution in [0.3, 0.4) is 0 Å². The van der Waals surface area contributed by atoms with Gasteiger partial charge in [0.1, 0.15) is 5.75 Å². The van der Waals surface area contributed by atoms with Crippen LogP contribution in [0.25, 0.3) is 0 Å². The molecule has 0 aromatic heterocycles. The van der Waals surface area contributed by atoms with Crippen LogP contribution in [-0.4, -0.2) is 35.9 Å². The average Bonchev–Trinajstić information content (AvgIpc) is 3.52. The summed E-state index contributed by atoms with van der Waals surface area (Å²) in [4.78, 5) is 28.2. The molecule has 1 N–H and O–H groups in total. The van der Waals surface area contributed by atoms with E-state index in [9.17, 15) is 9.59 Å². The zero-order valence-electron chi connectivity index (χ0n) is 20.4. The van der Waals surface area contributed by atoms with E-state index in [4.69, 9.17) is 4.74 Å². The monoisotopic (exact) mass is 460 g/mol. The fraction of sp³-hybridized carbons (Fsp3) is 0.517. The number of aryl methyl sites for hydroxylation is 1. The number of hydrogen-bond donors (Lipinski definition) is 1. The van der Waals surface area contributed by atoms with Gasteiger partial charge >= 0.3 is 0 Å². The van der Waals surface area contributed by atoms with Gasteiger partial charge in [0.2, 0.25) is 5.91 Å². The highest BCUT2D eigenvalue weighted by atomic mass is 16.5. The Kier molecular flexibility index (Phi) is 6.62. The molecule has 0 spiro atoms. The molecule has 2 aromatic carbocycles. The van der Waals surface area contributed by atoms with Crippen LogP contribution in [0.15, 0.2) is 42.5 Å². The standard InChI is InChI=1S/C29H36N2O3/c1-19-7-11-23(12-8-19)27-26-17-25(34-20(2)28(32)30-18-21-9-10-21)14-13-22(26)15-16-31(27)29(33)24-5-3-4-6-24/h7-8,11-14,17,20-21,24,27H,3-6,9-10,15-16,18H2,1-2H3,(H,30,32). The first-order valence-corrected chi connectivity index (χ1v) is 12.9. The highest BCUT2D eigenvalue weighted by Gasteiger charge is 2.36. The van der Waals surface area contributed by atoms with Crippen LogP contribution in [0.1, 0.15) is 73.7 Å². The Balaban J connectivity index is 1.42. The smallest absolute Gasteiger partial charge is 0.260 e. The minimum atomic E-state index is -0.561. The normalized spacial score (nSPS) is 21.1. The molecule has 2 fully saturated rings. The van der Waals surface area contributed by atoms with E-state index in [0.29, 0.717) is 11.7 Å². The molecule has 1 heterocycles. The van der Waals surface area contributed by atoms with Gasteiger partial charge in [-0.1, -0.05) is 48.7 Å². The van der Waals surface area contributed by atoms with E-state index in [1.54, 1.807) is 6.92 Å². The van der Waals surface area contributed by atoms with Gasteiger partial charge in [0.15, 0.2) is 6.10 Å². The average molecular weight is 461 g/mol. The number of carbonyl (C=O) groups is 2. The van der Waals surface area contributed by atoms with Crippen LogP contribution < -0.4 is 10.1 Å². The van der Waals surface area contributed by atoms with Crippen LogP contribution >= 0.6 is 0 Å². The molecule has 0 bridgehead atoms. The Hall–Kier alpha value is -2.82. The summed E-state index contributed by atoms with van der Waals surface area (Å²) < 4.78 is 6.08. The van der Waals surface area contributed by atoms with Crippen molar-refractivity contribution in [3.63, 3.8) is 0 Å². The summed E-state index contributed by atoms with van der Waals surface area (Å²) in [7, 11) is 0. The first-order chi connectivity index (χ1) is 16.5. The fourth-order valence-corrected chi connectivity index (χ4v) is 5.39. The van der Waals surface area contributed by atoms with Gasteiger partial charge in [-0.25, -0.2) is 0 Å². The third kappa shape index (κ3) is 4.98. The molecule has 2 aliphatic carbocycles. The van der Waals surface area contributed by atoms with Gasteiger partial charge in [0.05, 0.1) is 6.04 Å². The predicted octanol–water partition coefficient (Wildman–Crippen LogP) is 4.95. The number of hydrogen-bond acceptors (Lipinski definition) is 3. The number of amides is 2. The van der Waals surface area contributed by atoms with Gasteiger partial charge in [0, 0.05) is 19.0 Å². The van der Waals surface area contributed by atoms with Crippen molar-refractivity contribution in [1.82, 2.24) is 10.2 Å². The Morgan fingerprint density at radius 1 is 1.06 bits per heavy atom. The molecule has 2 atom stereocenters. The van der Waals surface area contributed by atoms with Crippen molar-refractivity contribution >= 4 is 11.8 Å². The lowest BCUT2D eigenvalue weighted by Crippen LogP contribution is -2.43. The molecule has 0 saturated heterocycles. The second-order valence-corrected chi connectivity index (χ2v) is 10.4. The van der Waals surface area contributed by atoms with Crippen LogP contribution in [0.4, 0.5) is 0 Å². The number of rotatable bonds is 7. The topological polar surface area (TPSA) is 58.6 Å². The fourth-order valence-electron chi connectivity index (χ4n) is 5.39. The van der Waals surface area contributed by atoms with Gasteiger partial charge in [0.25, 0.3) is 5.91 Å². The Morgan fingerprint density at radius 2 is 1.79 bits per heavy atom. The first kappa shape index (κ1) is 22.9. The maximum Gasteiger partial charge on any atom is 0.260 e. The number of nitrogens with zero attached hydrogens (tertiary/aromatic N) is 1. The lowest BCUT2D eigenvalue weighted by molar-refractivity contribution is -0.137. The van der Waals surface area contributed by atoms with Crippen molar-refractivity contribution in [3.8, 4) is 5.75 Å². The van der Waals surface area contributed by atoms with Gasteiger partial charge in [-0.3, -0.25) is 9.59 Å². The minimum Gasteiger partial charge on any atom is -0.481 e. The van der Waals surface area contributed by atoms with Crippen LogP contribution in [-0.2, 0) is 16.0 Å². The molecule has 0 radical (unpaired) electrons. The van der Waals surface area contributed by atoms with Crippen molar-refractivity contribution in [2.45, 2.75) is 70.9 Å². The van der Waals surface area contributed by atoms with Crippen molar-refractivity contribution in [2.75, 3.05) is 13.1 Å². The summed E-state index contributed by atoms with van der Waals surface area (Å²) in [6.45, 7) is 5.36. The molecule has 2 amide bonds. The van der Waals surface area contributed by atoms with Gasteiger partial charge < -0.3 is 15.0 Å². The maximum atomic E-state index is 13.6. The molecule has 1 aliphatic heterocycles. The number of benzene rings is 2. The highest BCUT2D eigenvalue weighted by Crippen LogP contribution is 2.40. The molecule has 3 aliphatic rings. The van der Waals surface area contributed by atoms with E-state index in [1.165, 1.54) is 24.0 Å². The zero-order chi connectivity index (χ0) is 23.7. The van der Waals surface area contributed by atoms with E-state index in [0.717, 1.165) is 56.3 Å². The third-order valence-electron chi connectivity index (χ3n) is 7.67. The molecule has 180 valence electrons. The van der Waals surface area contributed by atoms with E-state index < -0.39 is 6.10 Å². The van der Waals surface area contributed by atoms with Crippen molar-refractivity contribution < 1.29 is 14.3 Å². The van der Waals surface area contributed by atoms with Crippen LogP contribution in [0, 0.1) is 18.8 Å². The number of fused-ring (bicyclic) bond motifs is 1. The number of carbonyl (C=O) groups excluding carboxylic acids is 2. The van der Waals surface area contributed by atoms with Crippen molar-refractivity contribution in [3.05, 3.63) is 64.7 Å². The quantitative estimate of drug-likeness (QED) is 0.636. The first-order valence-electron chi connectivity index (χ1n) is 12.9. The zero-order valence-corrected chi connectivity index (χ0v) is 20.4. The Morgan fingerprint density at radius 3 is 2.50 bits per heavy atom. The summed E-state index contributed by atoms with van der Waals surface area (Å²) in [5.74, 6) is 1.67. The molecular formula is C29H36N2O3. The summed E-state index contributed by atoms with van der Waals surface area (Å²) in [5.41, 5.74) is 4.70. The molecule has 2 saturated carbocycles. The predicted molar refractivity (Wildman–Crippen MR) is 133 cm³/mol. The molecular weight excluding hydrogens is 424 g/mol. The summed E-state index contributed by atoms with van der Waals surface area (Å²) in [6.07, 6.45) is 6.98. The summed E-state index contributed by atoms with van der Waals surface area (Å²) in [6, 6.07) is 14.5. The summed E-state index contributed by atoms with van der Waals surface area (Å²) in [5, 5.41) is 3.00. The van der Waals surface area contributed by atoms with E-state index in [-0.39, 0.29) is 23.8 Å². The molecule has 5 heteroatoms. The third-order valence-corrected chi connectivity index (χ3v) is 7.67. The largest absolute Gasteiger partial charge is 0.481 e. The van der Waals surface area contributed by atoms with Gasteiger partial charge in [-0.15, -0.1) is 0 Å². The maximum absolute atomic E-state index is 13.6. The second-order valence-electron chi connectivity index (χ2n) is 10.4. The van der Waals surface area contributed by atoms with Crippen molar-refractivity contribution in [2.24, 2.45) is 11.8 Å². The lowest BCUT2D eigenvalue weighted by Gasteiger charge is -2.39. The van der Waals surface area contributed by atoms with E-state index in [2.05, 4.69) is 53.5 Å². The molecule has 2 aromatic rings. The van der Waals surface area contributed by atoms with Crippen molar-refractivity contribution in [1.29, 1.82) is 0 Å². The molecule has 34 heavy (non-hydrogen) atoms. The van der Waals surface area contributed by atoms with E-state index >= 15 is 0 Å². The van der Waals surface area contributed by atoms with Crippen LogP contribution in [0.2, 0.25) is 0 Å². The number of nitrogens with one attached hydrogen (secondary N) is 1. The molecule has 2 unspecified atom stereocenters. The molecule has 5 rings (SSSR count). The number of ether oxygens (including phenoxy) is 1. The second kappa shape index (κ2) is 9.81. The Bertz CT molecular complexity index is 1040. The van der Waals surface area contributed by atoms with E-state index in [1.807, 2.05) is 6.07 Å². The SMILES string of the molecule is Cc1ccc(C2c3cc(OC(C)C(=O)NCC4CC4)ccc3CCN2C(=O)C2CCCC2)cc1. The highest BCUT2D eigenvalue weighted by molar-refractivity contribution is 5.81. The van der Waals surface area contributed by atoms with Gasteiger partial charge in [-0.05, 0) is 80.7 Å². The molecule has 5 nitrogen and oxygen atoms in total. The summed E-state index contributed by atoms with van der Waals surface area (Å²) >= 11 is 0. The van der Waals surface area contributed by atoms with Gasteiger partial charge in [-0.2, -0.15) is 0 Å². The minimum absolute atomic E-state index is 0.0715. The van der Waals surface area contributed by atoms with Crippen LogP contribution in [0.5, 0.6) is 5.75 Å².